The number of carbonyl (C=O) groups is 1. The lowest BCUT2D eigenvalue weighted by Gasteiger charge is -2.08. The summed E-state index contributed by atoms with van der Waals surface area (Å²) >= 11 is 0. The molecular formula is C16H14N4O3. The van der Waals surface area contributed by atoms with Crippen LogP contribution in [0.25, 0.3) is 0 Å². The second-order valence-corrected chi connectivity index (χ2v) is 4.69. The van der Waals surface area contributed by atoms with Crippen molar-refractivity contribution in [2.75, 3.05) is 17.2 Å². The van der Waals surface area contributed by atoms with Gasteiger partial charge in [0.1, 0.15) is 5.69 Å². The number of hydrogen-bond acceptors (Lipinski definition) is 5. The van der Waals surface area contributed by atoms with Crippen molar-refractivity contribution in [3.63, 3.8) is 0 Å². The predicted molar refractivity (Wildman–Crippen MR) is 86.0 cm³/mol. The normalized spacial score (nSPS) is 9.70. The molecule has 0 spiro atoms. The van der Waals surface area contributed by atoms with Gasteiger partial charge in [0, 0.05) is 24.7 Å². The zero-order valence-electron chi connectivity index (χ0n) is 12.2. The average molecular weight is 310 g/mol. The standard InChI is InChI=1S/C16H14N4O3/c17-11-12-5-7-13(8-6-12)19-16(21)9-10-18-14-3-1-2-4-15(14)20(22)23/h1-8,18H,9-10H2,(H,19,21). The molecular weight excluding hydrogens is 296 g/mol. The first-order valence-corrected chi connectivity index (χ1v) is 6.87. The first-order valence-electron chi connectivity index (χ1n) is 6.87. The van der Waals surface area contributed by atoms with E-state index in [-0.39, 0.29) is 24.6 Å². The van der Waals surface area contributed by atoms with E-state index >= 15 is 0 Å². The van der Waals surface area contributed by atoms with E-state index in [1.54, 1.807) is 42.5 Å². The molecule has 0 saturated heterocycles. The Morgan fingerprint density at radius 3 is 2.52 bits per heavy atom. The summed E-state index contributed by atoms with van der Waals surface area (Å²) in [4.78, 5) is 22.2. The van der Waals surface area contributed by atoms with Crippen molar-refractivity contribution in [3.05, 3.63) is 64.2 Å². The summed E-state index contributed by atoms with van der Waals surface area (Å²) in [6, 6.07) is 14.8. The number of nitro groups is 1. The van der Waals surface area contributed by atoms with Crippen LogP contribution in [0.5, 0.6) is 0 Å². The van der Waals surface area contributed by atoms with Crippen LogP contribution in [0.1, 0.15) is 12.0 Å². The Hall–Kier alpha value is -3.40. The topological polar surface area (TPSA) is 108 Å². The second kappa shape index (κ2) is 7.56. The van der Waals surface area contributed by atoms with Gasteiger partial charge in [-0.25, -0.2) is 0 Å². The molecule has 2 N–H and O–H groups in total. The number of nitrogens with one attached hydrogen (secondary N) is 2. The molecule has 0 heterocycles. The Balaban J connectivity index is 1.85. The number of anilines is 2. The van der Waals surface area contributed by atoms with Crippen LogP contribution in [0.4, 0.5) is 17.1 Å². The zero-order valence-corrected chi connectivity index (χ0v) is 12.2. The summed E-state index contributed by atoms with van der Waals surface area (Å²) in [5, 5.41) is 25.2. The van der Waals surface area contributed by atoms with Gasteiger partial charge in [-0.1, -0.05) is 12.1 Å². The summed E-state index contributed by atoms with van der Waals surface area (Å²) in [6.07, 6.45) is 0.159. The lowest BCUT2D eigenvalue weighted by atomic mass is 10.2. The van der Waals surface area contributed by atoms with E-state index in [1.165, 1.54) is 6.07 Å². The second-order valence-electron chi connectivity index (χ2n) is 4.69. The highest BCUT2D eigenvalue weighted by molar-refractivity contribution is 5.91. The smallest absolute Gasteiger partial charge is 0.292 e. The number of nitro benzene ring substituents is 1. The molecule has 0 radical (unpaired) electrons. The van der Waals surface area contributed by atoms with E-state index in [1.807, 2.05) is 6.07 Å². The highest BCUT2D eigenvalue weighted by Crippen LogP contribution is 2.22. The van der Waals surface area contributed by atoms with Crippen LogP contribution in [-0.4, -0.2) is 17.4 Å². The van der Waals surface area contributed by atoms with Crippen molar-refractivity contribution >= 4 is 23.0 Å². The van der Waals surface area contributed by atoms with Crippen LogP contribution in [0.15, 0.2) is 48.5 Å². The van der Waals surface area contributed by atoms with Gasteiger partial charge in [0.2, 0.25) is 5.91 Å². The number of nitrogens with zero attached hydrogens (tertiary/aromatic N) is 2. The van der Waals surface area contributed by atoms with E-state index in [0.29, 0.717) is 16.9 Å². The third kappa shape index (κ3) is 4.54. The molecule has 0 aliphatic carbocycles. The number of hydrogen-bond donors (Lipinski definition) is 2. The fourth-order valence-electron chi connectivity index (χ4n) is 1.94. The van der Waals surface area contributed by atoms with Gasteiger partial charge in [-0.15, -0.1) is 0 Å². The van der Waals surface area contributed by atoms with Gasteiger partial charge >= 0.3 is 0 Å². The van der Waals surface area contributed by atoms with E-state index in [0.717, 1.165) is 0 Å². The maximum Gasteiger partial charge on any atom is 0.292 e. The molecule has 0 aromatic heterocycles. The molecule has 23 heavy (non-hydrogen) atoms. The van der Waals surface area contributed by atoms with Crippen molar-refractivity contribution in [2.45, 2.75) is 6.42 Å². The van der Waals surface area contributed by atoms with E-state index in [4.69, 9.17) is 5.26 Å². The number of benzene rings is 2. The number of para-hydroxylation sites is 2. The third-order valence-electron chi connectivity index (χ3n) is 3.07. The molecule has 2 aromatic carbocycles. The van der Waals surface area contributed by atoms with Crippen LogP contribution in [0.2, 0.25) is 0 Å². The highest BCUT2D eigenvalue weighted by atomic mass is 16.6. The summed E-state index contributed by atoms with van der Waals surface area (Å²) in [5.41, 5.74) is 1.46. The summed E-state index contributed by atoms with van der Waals surface area (Å²) < 4.78 is 0. The van der Waals surface area contributed by atoms with Crippen molar-refractivity contribution in [1.29, 1.82) is 5.26 Å². The Labute approximate surface area is 132 Å². The van der Waals surface area contributed by atoms with Crippen LogP contribution in [0, 0.1) is 21.4 Å². The maximum atomic E-state index is 11.8. The summed E-state index contributed by atoms with van der Waals surface area (Å²) in [5.74, 6) is -0.221. The molecule has 0 aliphatic heterocycles. The van der Waals surface area contributed by atoms with E-state index in [9.17, 15) is 14.9 Å². The molecule has 2 aromatic rings. The first-order chi connectivity index (χ1) is 11.1. The Morgan fingerprint density at radius 2 is 1.87 bits per heavy atom. The lowest BCUT2D eigenvalue weighted by Crippen LogP contribution is -2.16. The molecule has 2 rings (SSSR count). The number of carbonyl (C=O) groups excluding carboxylic acids is 1. The van der Waals surface area contributed by atoms with E-state index in [2.05, 4.69) is 10.6 Å². The number of amides is 1. The maximum absolute atomic E-state index is 11.8. The van der Waals surface area contributed by atoms with Crippen LogP contribution >= 0.6 is 0 Å². The van der Waals surface area contributed by atoms with Crippen LogP contribution in [-0.2, 0) is 4.79 Å². The van der Waals surface area contributed by atoms with Crippen LogP contribution < -0.4 is 10.6 Å². The highest BCUT2D eigenvalue weighted by Gasteiger charge is 2.12. The van der Waals surface area contributed by atoms with Crippen molar-refractivity contribution in [1.82, 2.24) is 0 Å². The number of rotatable bonds is 6. The number of nitriles is 1. The van der Waals surface area contributed by atoms with Gasteiger partial charge in [0.25, 0.3) is 5.69 Å². The van der Waals surface area contributed by atoms with Crippen molar-refractivity contribution in [3.8, 4) is 6.07 Å². The predicted octanol–water partition coefficient (Wildman–Crippen LogP) is 2.91. The minimum Gasteiger partial charge on any atom is -0.379 e. The molecule has 0 bridgehead atoms. The molecule has 0 saturated carbocycles. The first kappa shape index (κ1) is 16.0. The van der Waals surface area contributed by atoms with Crippen LogP contribution in [0.3, 0.4) is 0 Å². The molecule has 0 aliphatic rings. The molecule has 0 unspecified atom stereocenters. The Kier molecular flexibility index (Phi) is 5.25. The molecule has 7 nitrogen and oxygen atoms in total. The fourth-order valence-corrected chi connectivity index (χ4v) is 1.94. The molecule has 7 heteroatoms. The van der Waals surface area contributed by atoms with Crippen molar-refractivity contribution in [2.24, 2.45) is 0 Å². The lowest BCUT2D eigenvalue weighted by molar-refractivity contribution is -0.384. The van der Waals surface area contributed by atoms with Crippen molar-refractivity contribution < 1.29 is 9.72 Å². The van der Waals surface area contributed by atoms with Gasteiger partial charge in [-0.2, -0.15) is 5.26 Å². The van der Waals surface area contributed by atoms with Gasteiger partial charge in [-0.3, -0.25) is 14.9 Å². The van der Waals surface area contributed by atoms with Gasteiger partial charge in [0.05, 0.1) is 16.6 Å². The molecule has 0 atom stereocenters. The Morgan fingerprint density at radius 1 is 1.17 bits per heavy atom. The third-order valence-corrected chi connectivity index (χ3v) is 3.07. The minimum atomic E-state index is -0.473. The molecule has 116 valence electrons. The average Bonchev–Trinajstić information content (AvgIpc) is 2.56. The summed E-state index contributed by atoms with van der Waals surface area (Å²) in [6.45, 7) is 0.271. The Bertz CT molecular complexity index is 751. The summed E-state index contributed by atoms with van der Waals surface area (Å²) in [7, 11) is 0. The van der Waals surface area contributed by atoms with E-state index < -0.39 is 4.92 Å². The SMILES string of the molecule is N#Cc1ccc(NC(=O)CCNc2ccccc2[N+](=O)[O-])cc1. The van der Waals surface area contributed by atoms with Gasteiger partial charge in [0.15, 0.2) is 0 Å². The largest absolute Gasteiger partial charge is 0.379 e. The fraction of sp³-hybridized carbons (Fsp3) is 0.125. The monoisotopic (exact) mass is 310 g/mol. The molecule has 1 amide bonds. The van der Waals surface area contributed by atoms with Gasteiger partial charge in [-0.05, 0) is 30.3 Å². The minimum absolute atomic E-state index is 0.0278. The zero-order chi connectivity index (χ0) is 16.7. The molecule has 0 fully saturated rings. The van der Waals surface area contributed by atoms with Gasteiger partial charge < -0.3 is 10.6 Å². The quantitative estimate of drug-likeness (QED) is 0.630.